The molecule has 1 heterocycles. The average molecular weight is 423 g/mol. The normalized spacial score (nSPS) is 20.2. The van der Waals surface area contributed by atoms with Crippen LogP contribution in [-0.2, 0) is 26.0 Å². The molecule has 1 aromatic carbocycles. The number of carbonyl (C=O) groups is 1. The van der Waals surface area contributed by atoms with Gasteiger partial charge in [-0.2, -0.15) is 4.31 Å². The lowest BCUT2D eigenvalue weighted by molar-refractivity contribution is -0.134. The molecule has 0 spiro atoms. The number of nitrogens with zero attached hydrogens (tertiary/aromatic N) is 2. The second-order valence-corrected chi connectivity index (χ2v) is 10.3. The third-order valence-electron chi connectivity index (χ3n) is 6.29. The molecule has 0 N–H and O–H groups in total. The molecule has 1 aliphatic carbocycles. The third-order valence-corrected chi connectivity index (χ3v) is 8.21. The molecule has 1 amide bonds. The molecule has 2 fully saturated rings. The first kappa shape index (κ1) is 22.2. The zero-order valence-corrected chi connectivity index (χ0v) is 18.7. The maximum Gasteiger partial charge on any atom is 0.243 e. The van der Waals surface area contributed by atoms with E-state index in [4.69, 9.17) is 4.74 Å². The van der Waals surface area contributed by atoms with Crippen LogP contribution in [0.5, 0.6) is 0 Å². The van der Waals surface area contributed by atoms with Gasteiger partial charge in [0.2, 0.25) is 15.9 Å². The highest BCUT2D eigenvalue weighted by molar-refractivity contribution is 7.89. The minimum atomic E-state index is -3.47. The van der Waals surface area contributed by atoms with E-state index < -0.39 is 10.0 Å². The van der Waals surface area contributed by atoms with Crippen molar-refractivity contribution in [1.82, 2.24) is 9.21 Å². The van der Waals surface area contributed by atoms with E-state index in [1.165, 1.54) is 4.31 Å². The van der Waals surface area contributed by atoms with E-state index in [0.717, 1.165) is 24.8 Å². The number of aryl methyl sites for hydroxylation is 1. The van der Waals surface area contributed by atoms with Crippen LogP contribution in [0.25, 0.3) is 0 Å². The first-order chi connectivity index (χ1) is 13.8. The molecule has 1 saturated carbocycles. The Bertz CT molecular complexity index is 784. The molecule has 6 nitrogen and oxygen atoms in total. The van der Waals surface area contributed by atoms with Crippen molar-refractivity contribution >= 4 is 15.9 Å². The van der Waals surface area contributed by atoms with Crippen LogP contribution in [0, 0.1) is 5.92 Å². The van der Waals surface area contributed by atoms with E-state index in [-0.39, 0.29) is 11.9 Å². The Morgan fingerprint density at radius 2 is 1.79 bits per heavy atom. The molecule has 0 aromatic heterocycles. The maximum absolute atomic E-state index is 12.9. The van der Waals surface area contributed by atoms with Crippen LogP contribution in [0.4, 0.5) is 0 Å². The van der Waals surface area contributed by atoms with Crippen molar-refractivity contribution in [1.29, 1.82) is 0 Å². The summed E-state index contributed by atoms with van der Waals surface area (Å²) in [6.07, 6.45) is 4.39. The lowest BCUT2D eigenvalue weighted by Crippen LogP contribution is -2.43. The van der Waals surface area contributed by atoms with E-state index in [1.54, 1.807) is 12.1 Å². The van der Waals surface area contributed by atoms with Crippen molar-refractivity contribution in [3.05, 3.63) is 29.8 Å². The number of amides is 1. The number of morpholine rings is 1. The van der Waals surface area contributed by atoms with Crippen molar-refractivity contribution in [2.24, 2.45) is 5.92 Å². The number of rotatable bonds is 9. The number of sulfonamides is 1. The monoisotopic (exact) mass is 422 g/mol. The van der Waals surface area contributed by atoms with Crippen molar-refractivity contribution in [2.45, 2.75) is 69.9 Å². The van der Waals surface area contributed by atoms with Crippen LogP contribution in [0.15, 0.2) is 29.2 Å². The van der Waals surface area contributed by atoms with Crippen LogP contribution in [-0.4, -0.2) is 61.9 Å². The average Bonchev–Trinajstić information content (AvgIpc) is 3.57. The van der Waals surface area contributed by atoms with Crippen LogP contribution < -0.4 is 0 Å². The molecule has 1 saturated heterocycles. The van der Waals surface area contributed by atoms with E-state index in [2.05, 4.69) is 25.7 Å². The Labute approximate surface area is 175 Å². The summed E-state index contributed by atoms with van der Waals surface area (Å²) in [5.74, 6) is 0.703. The second kappa shape index (κ2) is 9.58. The van der Waals surface area contributed by atoms with Crippen LogP contribution in [0.3, 0.4) is 0 Å². The van der Waals surface area contributed by atoms with Crippen molar-refractivity contribution < 1.29 is 17.9 Å². The Morgan fingerprint density at radius 3 is 2.34 bits per heavy atom. The van der Waals surface area contributed by atoms with E-state index in [0.29, 0.717) is 56.0 Å². The summed E-state index contributed by atoms with van der Waals surface area (Å²) in [5, 5.41) is 0. The van der Waals surface area contributed by atoms with Crippen LogP contribution in [0.2, 0.25) is 0 Å². The molecule has 2 aliphatic rings. The Morgan fingerprint density at radius 1 is 1.17 bits per heavy atom. The van der Waals surface area contributed by atoms with Gasteiger partial charge in [-0.25, -0.2) is 8.42 Å². The molecule has 1 aliphatic heterocycles. The summed E-state index contributed by atoms with van der Waals surface area (Å²) >= 11 is 0. The highest BCUT2D eigenvalue weighted by atomic mass is 32.2. The number of hydrogen-bond donors (Lipinski definition) is 0. The van der Waals surface area contributed by atoms with Crippen molar-refractivity contribution in [2.75, 3.05) is 26.3 Å². The zero-order valence-electron chi connectivity index (χ0n) is 17.8. The number of ether oxygens (including phenoxy) is 1. The van der Waals surface area contributed by atoms with Crippen molar-refractivity contribution in [3.8, 4) is 0 Å². The SMILES string of the molecule is CCC(C)C(C)N(C(=O)CCc1ccc(S(=O)(=O)N2CCOCC2)cc1)C1CC1. The number of hydrogen-bond acceptors (Lipinski definition) is 4. The number of benzene rings is 1. The molecular formula is C22H34N2O4S. The van der Waals surface area contributed by atoms with E-state index in [1.807, 2.05) is 12.1 Å². The minimum absolute atomic E-state index is 0.213. The Hall–Kier alpha value is -1.44. The molecule has 162 valence electrons. The zero-order chi connectivity index (χ0) is 21.0. The topological polar surface area (TPSA) is 66.9 Å². The fourth-order valence-electron chi connectivity index (χ4n) is 3.88. The van der Waals surface area contributed by atoms with Crippen LogP contribution in [0.1, 0.15) is 52.0 Å². The molecule has 0 bridgehead atoms. The minimum Gasteiger partial charge on any atom is -0.379 e. The van der Waals surface area contributed by atoms with Gasteiger partial charge in [-0.15, -0.1) is 0 Å². The summed E-state index contributed by atoms with van der Waals surface area (Å²) in [4.78, 5) is 15.3. The van der Waals surface area contributed by atoms with Gasteiger partial charge in [-0.05, 0) is 49.8 Å². The molecule has 2 atom stereocenters. The Balaban J connectivity index is 1.60. The quantitative estimate of drug-likeness (QED) is 0.613. The maximum atomic E-state index is 12.9. The van der Waals surface area contributed by atoms with Gasteiger partial charge >= 0.3 is 0 Å². The van der Waals surface area contributed by atoms with Gasteiger partial charge in [0.25, 0.3) is 0 Å². The summed E-state index contributed by atoms with van der Waals surface area (Å²) in [7, 11) is -3.47. The fourth-order valence-corrected chi connectivity index (χ4v) is 5.28. The van der Waals surface area contributed by atoms with E-state index in [9.17, 15) is 13.2 Å². The smallest absolute Gasteiger partial charge is 0.243 e. The summed E-state index contributed by atoms with van der Waals surface area (Å²) in [6.45, 7) is 8.20. The van der Waals surface area contributed by atoms with Gasteiger partial charge in [0.1, 0.15) is 0 Å². The standard InChI is InChI=1S/C22H34N2O4S/c1-4-17(2)18(3)24(20-8-9-20)22(25)12-7-19-5-10-21(11-6-19)29(26,27)23-13-15-28-16-14-23/h5-6,10-11,17-18,20H,4,7-9,12-16H2,1-3H3. The first-order valence-corrected chi connectivity index (χ1v) is 12.3. The fraction of sp³-hybridized carbons (Fsp3) is 0.682. The lowest BCUT2D eigenvalue weighted by atomic mass is 9.98. The molecule has 2 unspecified atom stereocenters. The highest BCUT2D eigenvalue weighted by Gasteiger charge is 2.36. The first-order valence-electron chi connectivity index (χ1n) is 10.8. The predicted octanol–water partition coefficient (Wildman–Crippen LogP) is 3.07. The summed E-state index contributed by atoms with van der Waals surface area (Å²) in [5.41, 5.74) is 0.992. The summed E-state index contributed by atoms with van der Waals surface area (Å²) in [6, 6.07) is 7.66. The number of carbonyl (C=O) groups excluding carboxylic acids is 1. The Kier molecular flexibility index (Phi) is 7.35. The molecule has 3 rings (SSSR count). The van der Waals surface area contributed by atoms with Crippen molar-refractivity contribution in [3.63, 3.8) is 0 Å². The van der Waals surface area contributed by atoms with Gasteiger partial charge in [0.05, 0.1) is 18.1 Å². The van der Waals surface area contributed by atoms with Gasteiger partial charge in [0.15, 0.2) is 0 Å². The molecule has 1 aromatic rings. The third kappa shape index (κ3) is 5.38. The van der Waals surface area contributed by atoms with Gasteiger partial charge < -0.3 is 9.64 Å². The van der Waals surface area contributed by atoms with E-state index >= 15 is 0 Å². The highest BCUT2D eigenvalue weighted by Crippen LogP contribution is 2.32. The van der Waals surface area contributed by atoms with Crippen LogP contribution >= 0.6 is 0 Å². The molecular weight excluding hydrogens is 388 g/mol. The predicted molar refractivity (Wildman–Crippen MR) is 113 cm³/mol. The van der Waals surface area contributed by atoms with Gasteiger partial charge in [0, 0.05) is 31.6 Å². The second-order valence-electron chi connectivity index (χ2n) is 8.32. The lowest BCUT2D eigenvalue weighted by Gasteiger charge is -2.33. The van der Waals surface area contributed by atoms with Gasteiger partial charge in [-0.3, -0.25) is 4.79 Å². The largest absolute Gasteiger partial charge is 0.379 e. The molecule has 29 heavy (non-hydrogen) atoms. The summed E-state index contributed by atoms with van der Waals surface area (Å²) < 4.78 is 32.1. The van der Waals surface area contributed by atoms with Gasteiger partial charge in [-0.1, -0.05) is 32.4 Å². The molecule has 0 radical (unpaired) electrons. The molecule has 7 heteroatoms.